The molecule has 0 aromatic carbocycles. The van der Waals surface area contributed by atoms with Gasteiger partial charge in [0, 0.05) is 24.3 Å². The molecule has 0 amide bonds. The summed E-state index contributed by atoms with van der Waals surface area (Å²) in [4.78, 5) is 22.5. The van der Waals surface area contributed by atoms with E-state index in [9.17, 15) is 30.0 Å². The number of unbranched alkanes of at least 4 members (excludes halogenated alkanes) is 5. The van der Waals surface area contributed by atoms with Crippen LogP contribution in [0.2, 0.25) is 0 Å². The summed E-state index contributed by atoms with van der Waals surface area (Å²) >= 11 is 6.25. The Morgan fingerprint density at radius 3 is 2.28 bits per heavy atom. The van der Waals surface area contributed by atoms with Crippen molar-refractivity contribution in [2.24, 2.45) is 11.8 Å². The minimum Gasteiger partial charge on any atom is -0.481 e. The first kappa shape index (κ1) is 32.8. The molecule has 5 N–H and O–H groups in total. The molecule has 0 radical (unpaired) electrons. The number of aliphatic hydroxyl groups is 4. The Balaban J connectivity index is 2.34. The lowest BCUT2D eigenvalue weighted by Gasteiger charge is -2.39. The predicted molar refractivity (Wildman–Crippen MR) is 136 cm³/mol. The van der Waals surface area contributed by atoms with E-state index in [1.165, 1.54) is 6.08 Å². The van der Waals surface area contributed by atoms with Gasteiger partial charge >= 0.3 is 11.9 Å². The molecule has 9 nitrogen and oxygen atoms in total. The van der Waals surface area contributed by atoms with Crippen LogP contribution in [0.1, 0.15) is 78.6 Å². The van der Waals surface area contributed by atoms with Crippen molar-refractivity contribution < 1.29 is 44.6 Å². The fraction of sp³-hybridized carbons (Fsp3) is 0.846. The van der Waals surface area contributed by atoms with Crippen molar-refractivity contribution >= 4 is 23.5 Å². The first-order chi connectivity index (χ1) is 16.9. The third-order valence-corrected chi connectivity index (χ3v) is 7.52. The highest BCUT2D eigenvalue weighted by atomic mass is 35.5. The largest absolute Gasteiger partial charge is 0.481 e. The minimum atomic E-state index is -1.19. The standard InChI is InChI=1S/C26H45ClO9/c1-16(13-23(32)35-11-9-7-5-4-6-8-10-22(30)31)12-21-26(34)25(33)19(15-36-21)14-20(29)24(27)17(2)18(3)28/h13,17-21,24-26,28-29,33-34H,4-12,14-15H2,1-3H3,(H,30,31)/b16-13+/t17?,18?,19-,20?,21-,24?,25+,26-/m0/s1. The van der Waals surface area contributed by atoms with Crippen LogP contribution in [0.15, 0.2) is 11.6 Å². The van der Waals surface area contributed by atoms with Crippen molar-refractivity contribution in [3.63, 3.8) is 0 Å². The van der Waals surface area contributed by atoms with E-state index in [1.54, 1.807) is 20.8 Å². The zero-order chi connectivity index (χ0) is 27.3. The first-order valence-corrected chi connectivity index (χ1v) is 13.4. The molecule has 1 rings (SSSR count). The van der Waals surface area contributed by atoms with E-state index in [2.05, 4.69) is 0 Å². The molecular formula is C26H45ClO9. The van der Waals surface area contributed by atoms with Gasteiger partial charge in [-0.15, -0.1) is 11.6 Å². The summed E-state index contributed by atoms with van der Waals surface area (Å²) in [5.74, 6) is -2.10. The van der Waals surface area contributed by atoms with Crippen molar-refractivity contribution in [3.05, 3.63) is 11.6 Å². The molecule has 0 bridgehead atoms. The summed E-state index contributed by atoms with van der Waals surface area (Å²) in [6, 6.07) is 0. The molecule has 4 unspecified atom stereocenters. The second kappa shape index (κ2) is 17.3. The summed E-state index contributed by atoms with van der Waals surface area (Å²) in [5, 5.41) is 49.1. The van der Waals surface area contributed by atoms with Crippen LogP contribution in [0.5, 0.6) is 0 Å². The van der Waals surface area contributed by atoms with Gasteiger partial charge in [0.05, 0.1) is 43.0 Å². The van der Waals surface area contributed by atoms with Crippen LogP contribution in [-0.2, 0) is 19.1 Å². The second-order valence-corrected chi connectivity index (χ2v) is 10.6. The quantitative estimate of drug-likeness (QED) is 0.0816. The first-order valence-electron chi connectivity index (χ1n) is 13.0. The number of ether oxygens (including phenoxy) is 2. The van der Waals surface area contributed by atoms with Gasteiger partial charge in [-0.1, -0.05) is 38.2 Å². The average Bonchev–Trinajstić information content (AvgIpc) is 2.81. The van der Waals surface area contributed by atoms with Gasteiger partial charge in [-0.05, 0) is 39.5 Å². The zero-order valence-corrected chi connectivity index (χ0v) is 22.5. The van der Waals surface area contributed by atoms with Crippen LogP contribution in [0.25, 0.3) is 0 Å². The van der Waals surface area contributed by atoms with Gasteiger partial charge in [-0.25, -0.2) is 4.79 Å². The molecule has 0 saturated carbocycles. The summed E-state index contributed by atoms with van der Waals surface area (Å²) in [6.07, 6.45) is 2.41. The Morgan fingerprint density at radius 2 is 1.67 bits per heavy atom. The molecule has 8 atom stereocenters. The number of aliphatic carboxylic acids is 1. The van der Waals surface area contributed by atoms with Crippen molar-refractivity contribution in [3.8, 4) is 0 Å². The lowest BCUT2D eigenvalue weighted by Crippen LogP contribution is -2.51. The van der Waals surface area contributed by atoms with Crippen LogP contribution in [0.4, 0.5) is 0 Å². The lowest BCUT2D eigenvalue weighted by atomic mass is 9.84. The molecule has 210 valence electrons. The second-order valence-electron chi connectivity index (χ2n) is 10.1. The number of halogens is 1. The van der Waals surface area contributed by atoms with Crippen LogP contribution in [-0.4, -0.2) is 86.6 Å². The molecule has 1 aliphatic heterocycles. The Bertz CT molecular complexity index is 684. The van der Waals surface area contributed by atoms with Gasteiger partial charge in [0.1, 0.15) is 6.10 Å². The Labute approximate surface area is 219 Å². The number of alkyl halides is 1. The molecule has 36 heavy (non-hydrogen) atoms. The number of carboxylic acid groups (broad SMARTS) is 1. The van der Waals surface area contributed by atoms with Crippen LogP contribution in [0, 0.1) is 11.8 Å². The van der Waals surface area contributed by atoms with Gasteiger partial charge < -0.3 is 35.0 Å². The molecule has 1 aliphatic rings. The summed E-state index contributed by atoms with van der Waals surface area (Å²) < 4.78 is 11.0. The smallest absolute Gasteiger partial charge is 0.330 e. The fourth-order valence-electron chi connectivity index (χ4n) is 4.26. The Morgan fingerprint density at radius 1 is 1.06 bits per heavy atom. The Hall–Kier alpha value is -1.23. The number of hydrogen-bond donors (Lipinski definition) is 5. The maximum Gasteiger partial charge on any atom is 0.330 e. The van der Waals surface area contributed by atoms with Crippen molar-refractivity contribution in [1.29, 1.82) is 0 Å². The average molecular weight is 537 g/mol. The molecule has 0 aromatic heterocycles. The lowest BCUT2D eigenvalue weighted by molar-refractivity contribution is -0.169. The molecule has 0 aromatic rings. The van der Waals surface area contributed by atoms with Gasteiger partial charge in [-0.2, -0.15) is 0 Å². The summed E-state index contributed by atoms with van der Waals surface area (Å²) in [6.45, 7) is 5.49. The van der Waals surface area contributed by atoms with E-state index in [0.29, 0.717) is 18.6 Å². The number of carbonyl (C=O) groups excluding carboxylic acids is 1. The highest BCUT2D eigenvalue weighted by Gasteiger charge is 2.40. The van der Waals surface area contributed by atoms with Crippen LogP contribution < -0.4 is 0 Å². The number of rotatable bonds is 17. The maximum absolute atomic E-state index is 12.1. The summed E-state index contributed by atoms with van der Waals surface area (Å²) in [5.41, 5.74) is 0.653. The van der Waals surface area contributed by atoms with Gasteiger partial charge in [0.25, 0.3) is 0 Å². The van der Waals surface area contributed by atoms with Crippen molar-refractivity contribution in [2.45, 2.75) is 114 Å². The molecule has 0 aliphatic carbocycles. The normalized spacial score (nSPS) is 26.2. The number of esters is 1. The van der Waals surface area contributed by atoms with Crippen molar-refractivity contribution in [1.82, 2.24) is 0 Å². The molecular weight excluding hydrogens is 492 g/mol. The number of carboxylic acids is 1. The molecule has 10 heteroatoms. The summed E-state index contributed by atoms with van der Waals surface area (Å²) in [7, 11) is 0. The third kappa shape index (κ3) is 12.3. The van der Waals surface area contributed by atoms with Crippen molar-refractivity contribution in [2.75, 3.05) is 13.2 Å². The van der Waals surface area contributed by atoms with Crippen LogP contribution in [0.3, 0.4) is 0 Å². The van der Waals surface area contributed by atoms with Gasteiger partial charge in [0.15, 0.2) is 0 Å². The minimum absolute atomic E-state index is 0.125. The van der Waals surface area contributed by atoms with E-state index < -0.39 is 53.8 Å². The monoisotopic (exact) mass is 536 g/mol. The molecule has 1 saturated heterocycles. The molecule has 1 heterocycles. The molecule has 0 spiro atoms. The van der Waals surface area contributed by atoms with E-state index in [4.69, 9.17) is 26.2 Å². The number of aliphatic hydroxyl groups excluding tert-OH is 4. The molecule has 1 fully saturated rings. The highest BCUT2D eigenvalue weighted by Crippen LogP contribution is 2.30. The highest BCUT2D eigenvalue weighted by molar-refractivity contribution is 6.21. The number of hydrogen-bond acceptors (Lipinski definition) is 8. The third-order valence-electron chi connectivity index (χ3n) is 6.83. The van der Waals surface area contributed by atoms with Gasteiger partial charge in [0.2, 0.25) is 0 Å². The van der Waals surface area contributed by atoms with E-state index in [-0.39, 0.29) is 31.8 Å². The zero-order valence-electron chi connectivity index (χ0n) is 21.7. The number of carbonyl (C=O) groups is 2. The topological polar surface area (TPSA) is 154 Å². The maximum atomic E-state index is 12.1. The van der Waals surface area contributed by atoms with Gasteiger partial charge in [-0.3, -0.25) is 4.79 Å². The Kier molecular flexibility index (Phi) is 15.8. The van der Waals surface area contributed by atoms with Crippen LogP contribution >= 0.6 is 11.6 Å². The fourth-order valence-corrected chi connectivity index (χ4v) is 4.58. The van der Waals surface area contributed by atoms with E-state index in [1.807, 2.05) is 0 Å². The SMILES string of the molecule is C/C(=C\C(=O)OCCCCCCCCC(=O)O)C[C@@H]1OC[C@H](CC(O)C(Cl)C(C)C(C)O)[C@@H](O)[C@H]1O. The van der Waals surface area contributed by atoms with E-state index >= 15 is 0 Å². The predicted octanol–water partition coefficient (Wildman–Crippen LogP) is 2.79. The van der Waals surface area contributed by atoms with E-state index in [0.717, 1.165) is 32.1 Å².